The number of fused-ring (bicyclic) bond motifs is 1. The maximum absolute atomic E-state index is 13.4. The quantitative estimate of drug-likeness (QED) is 0.592. The molecule has 32 heavy (non-hydrogen) atoms. The highest BCUT2D eigenvalue weighted by molar-refractivity contribution is 6.09. The van der Waals surface area contributed by atoms with Crippen LogP contribution in [0.1, 0.15) is 28.9 Å². The van der Waals surface area contributed by atoms with Crippen LogP contribution in [0.3, 0.4) is 0 Å². The molecule has 0 saturated heterocycles. The molecule has 3 N–H and O–H groups in total. The number of carbonyl (C=O) groups is 1. The molecule has 1 aliphatic rings. The van der Waals surface area contributed by atoms with Crippen LogP contribution in [-0.4, -0.2) is 49.1 Å². The van der Waals surface area contributed by atoms with E-state index >= 15 is 0 Å². The highest BCUT2D eigenvalue weighted by Crippen LogP contribution is 2.30. The third-order valence-electron chi connectivity index (χ3n) is 5.39. The van der Waals surface area contributed by atoms with Crippen LogP contribution < -0.4 is 25.6 Å². The standard InChI is InChI=1S/C24H28N6O2/c1-3-26-24-27-16-20-22(28-24)29(2)12-13-30(23(20)31)18-10-7-11-19(14-18)32-21(15-25)17-8-5-4-6-9-17/h4-11,14,16,21H,3,12-13,15,25H2,1-2H3,(H,26,27,28). The zero-order valence-electron chi connectivity index (χ0n) is 18.4. The van der Waals surface area contributed by atoms with E-state index in [1.165, 1.54) is 0 Å². The lowest BCUT2D eigenvalue weighted by atomic mass is 10.1. The van der Waals surface area contributed by atoms with Crippen LogP contribution in [0, 0.1) is 0 Å². The molecule has 1 aliphatic heterocycles. The second kappa shape index (κ2) is 9.65. The summed E-state index contributed by atoms with van der Waals surface area (Å²) in [4.78, 5) is 26.0. The molecule has 0 aliphatic carbocycles. The summed E-state index contributed by atoms with van der Waals surface area (Å²) in [5.41, 5.74) is 8.21. The van der Waals surface area contributed by atoms with Gasteiger partial charge in [0.1, 0.15) is 23.2 Å². The third kappa shape index (κ3) is 4.50. The highest BCUT2D eigenvalue weighted by Gasteiger charge is 2.28. The van der Waals surface area contributed by atoms with Crippen molar-refractivity contribution in [1.29, 1.82) is 0 Å². The lowest BCUT2D eigenvalue weighted by Gasteiger charge is -2.23. The Hall–Kier alpha value is -3.65. The number of aromatic nitrogens is 2. The molecule has 0 spiro atoms. The number of likely N-dealkylation sites (N-methyl/N-ethyl adjacent to an activating group) is 1. The van der Waals surface area contributed by atoms with Crippen LogP contribution in [0.4, 0.5) is 17.5 Å². The number of ether oxygens (including phenoxy) is 1. The summed E-state index contributed by atoms with van der Waals surface area (Å²) >= 11 is 0. The normalized spacial score (nSPS) is 14.5. The Balaban J connectivity index is 1.60. The SMILES string of the molecule is CCNc1ncc2c(n1)N(C)CCN(c1cccc(OC(CN)c3ccccc3)c1)C2=O. The molecule has 8 nitrogen and oxygen atoms in total. The first-order valence-electron chi connectivity index (χ1n) is 10.8. The predicted molar refractivity (Wildman–Crippen MR) is 126 cm³/mol. The Labute approximate surface area is 188 Å². The van der Waals surface area contributed by atoms with E-state index in [0.29, 0.717) is 49.3 Å². The average Bonchev–Trinajstić information content (AvgIpc) is 2.95. The first kappa shape index (κ1) is 21.6. The molecule has 166 valence electrons. The molecule has 4 rings (SSSR count). The van der Waals surface area contributed by atoms with Gasteiger partial charge in [-0.15, -0.1) is 0 Å². The Morgan fingerprint density at radius 3 is 2.72 bits per heavy atom. The Morgan fingerprint density at radius 1 is 1.16 bits per heavy atom. The first-order valence-corrected chi connectivity index (χ1v) is 10.8. The molecule has 0 radical (unpaired) electrons. The molecule has 2 aromatic carbocycles. The predicted octanol–water partition coefficient (Wildman–Crippen LogP) is 3.08. The zero-order chi connectivity index (χ0) is 22.5. The van der Waals surface area contributed by atoms with Gasteiger partial charge >= 0.3 is 0 Å². The van der Waals surface area contributed by atoms with Crippen molar-refractivity contribution in [3.63, 3.8) is 0 Å². The molecule has 0 saturated carbocycles. The summed E-state index contributed by atoms with van der Waals surface area (Å²) in [6, 6.07) is 17.4. The molecule has 0 fully saturated rings. The number of anilines is 3. The minimum atomic E-state index is -0.268. The molecule has 1 unspecified atom stereocenters. The number of benzene rings is 2. The van der Waals surface area contributed by atoms with Crippen molar-refractivity contribution >= 4 is 23.4 Å². The molecule has 1 amide bonds. The number of nitrogens with two attached hydrogens (primary N) is 1. The summed E-state index contributed by atoms with van der Waals surface area (Å²) in [7, 11) is 1.93. The summed E-state index contributed by atoms with van der Waals surface area (Å²) in [5, 5.41) is 3.10. The van der Waals surface area contributed by atoms with Crippen molar-refractivity contribution < 1.29 is 9.53 Å². The molecule has 1 aromatic heterocycles. The monoisotopic (exact) mass is 432 g/mol. The fraction of sp³-hybridized carbons (Fsp3) is 0.292. The van der Waals surface area contributed by atoms with Crippen molar-refractivity contribution in [2.45, 2.75) is 13.0 Å². The third-order valence-corrected chi connectivity index (χ3v) is 5.39. The number of nitrogens with zero attached hydrogens (tertiary/aromatic N) is 4. The lowest BCUT2D eigenvalue weighted by molar-refractivity contribution is 0.0989. The van der Waals surface area contributed by atoms with E-state index < -0.39 is 0 Å². The van der Waals surface area contributed by atoms with Gasteiger partial charge in [0, 0.05) is 51.2 Å². The van der Waals surface area contributed by atoms with Gasteiger partial charge in [-0.2, -0.15) is 4.98 Å². The summed E-state index contributed by atoms with van der Waals surface area (Å²) in [6.45, 7) is 4.20. The second-order valence-corrected chi connectivity index (χ2v) is 7.59. The van der Waals surface area contributed by atoms with Gasteiger partial charge in [-0.05, 0) is 24.6 Å². The molecule has 8 heteroatoms. The molecule has 1 atom stereocenters. The number of amides is 1. The first-order chi connectivity index (χ1) is 15.6. The second-order valence-electron chi connectivity index (χ2n) is 7.59. The number of carbonyl (C=O) groups excluding carboxylic acids is 1. The molecule has 2 heterocycles. The average molecular weight is 433 g/mol. The van der Waals surface area contributed by atoms with Crippen molar-refractivity contribution in [3.8, 4) is 5.75 Å². The minimum absolute atomic E-state index is 0.136. The van der Waals surface area contributed by atoms with Gasteiger partial charge in [0.25, 0.3) is 5.91 Å². The van der Waals surface area contributed by atoms with E-state index in [0.717, 1.165) is 11.3 Å². The van der Waals surface area contributed by atoms with Crippen LogP contribution in [0.15, 0.2) is 60.8 Å². The maximum Gasteiger partial charge on any atom is 0.263 e. The number of rotatable bonds is 7. The zero-order valence-corrected chi connectivity index (χ0v) is 18.4. The molecule has 3 aromatic rings. The van der Waals surface area contributed by atoms with Gasteiger partial charge in [0.2, 0.25) is 5.95 Å². The van der Waals surface area contributed by atoms with Crippen LogP contribution in [0.2, 0.25) is 0 Å². The van der Waals surface area contributed by atoms with Crippen molar-refractivity contribution in [3.05, 3.63) is 71.9 Å². The van der Waals surface area contributed by atoms with Gasteiger partial charge in [-0.25, -0.2) is 4.98 Å². The fourth-order valence-electron chi connectivity index (χ4n) is 3.72. The van der Waals surface area contributed by atoms with Crippen molar-refractivity contribution in [2.75, 3.05) is 48.3 Å². The van der Waals surface area contributed by atoms with Crippen molar-refractivity contribution in [1.82, 2.24) is 9.97 Å². The van der Waals surface area contributed by atoms with E-state index in [2.05, 4.69) is 15.3 Å². The summed E-state index contributed by atoms with van der Waals surface area (Å²) in [6.07, 6.45) is 1.33. The van der Waals surface area contributed by atoms with Gasteiger partial charge in [0.05, 0.1) is 0 Å². The summed E-state index contributed by atoms with van der Waals surface area (Å²) < 4.78 is 6.17. The largest absolute Gasteiger partial charge is 0.484 e. The number of nitrogens with one attached hydrogen (secondary N) is 1. The molecular weight excluding hydrogens is 404 g/mol. The fourth-order valence-corrected chi connectivity index (χ4v) is 3.72. The number of hydrogen-bond donors (Lipinski definition) is 2. The van der Waals surface area contributed by atoms with Crippen molar-refractivity contribution in [2.24, 2.45) is 5.73 Å². The van der Waals surface area contributed by atoms with Crippen LogP contribution >= 0.6 is 0 Å². The Kier molecular flexibility index (Phi) is 6.51. The van der Waals surface area contributed by atoms with Crippen LogP contribution in [0.5, 0.6) is 5.75 Å². The number of hydrogen-bond acceptors (Lipinski definition) is 7. The maximum atomic E-state index is 13.4. The Bertz CT molecular complexity index is 1080. The highest BCUT2D eigenvalue weighted by atomic mass is 16.5. The Morgan fingerprint density at radius 2 is 1.97 bits per heavy atom. The van der Waals surface area contributed by atoms with E-state index in [4.69, 9.17) is 10.5 Å². The molecular formula is C24H28N6O2. The van der Waals surface area contributed by atoms with Gasteiger partial charge < -0.3 is 25.6 Å². The topological polar surface area (TPSA) is 96.6 Å². The van der Waals surface area contributed by atoms with E-state index in [1.807, 2.05) is 73.5 Å². The minimum Gasteiger partial charge on any atom is -0.484 e. The van der Waals surface area contributed by atoms with E-state index in [1.54, 1.807) is 11.1 Å². The van der Waals surface area contributed by atoms with Crippen LogP contribution in [-0.2, 0) is 0 Å². The smallest absolute Gasteiger partial charge is 0.263 e. The molecule has 0 bridgehead atoms. The van der Waals surface area contributed by atoms with E-state index in [-0.39, 0.29) is 12.0 Å². The van der Waals surface area contributed by atoms with Crippen LogP contribution in [0.25, 0.3) is 0 Å². The van der Waals surface area contributed by atoms with E-state index in [9.17, 15) is 4.79 Å². The van der Waals surface area contributed by atoms with Gasteiger partial charge in [-0.1, -0.05) is 36.4 Å². The summed E-state index contributed by atoms with van der Waals surface area (Å²) in [5.74, 6) is 1.67. The van der Waals surface area contributed by atoms with Gasteiger partial charge in [0.15, 0.2) is 0 Å². The van der Waals surface area contributed by atoms with Gasteiger partial charge in [-0.3, -0.25) is 4.79 Å². The lowest BCUT2D eigenvalue weighted by Crippen LogP contribution is -2.33.